The number of hydrogen-bond donors (Lipinski definition) is 0. The van der Waals surface area contributed by atoms with Gasteiger partial charge in [-0.2, -0.15) is 11.8 Å². The smallest absolute Gasteiger partial charge is 0.264 e. The molecule has 1 aromatic heterocycles. The summed E-state index contributed by atoms with van der Waals surface area (Å²) in [4.78, 5) is 17.0. The fraction of sp³-hybridized carbons (Fsp3) is 0.643. The van der Waals surface area contributed by atoms with Crippen LogP contribution in [0.4, 0.5) is 0 Å². The molecule has 0 N–H and O–H groups in total. The Morgan fingerprint density at radius 3 is 2.95 bits per heavy atom. The molecule has 0 saturated heterocycles. The van der Waals surface area contributed by atoms with Crippen LogP contribution >= 0.6 is 34.7 Å². The van der Waals surface area contributed by atoms with Gasteiger partial charge in [-0.15, -0.1) is 22.9 Å². The van der Waals surface area contributed by atoms with Crippen LogP contribution in [0.2, 0.25) is 0 Å². The zero-order valence-electron chi connectivity index (χ0n) is 10.9. The Bertz CT molecular complexity index is 447. The monoisotopic (exact) mass is 315 g/mol. The summed E-state index contributed by atoms with van der Waals surface area (Å²) in [6.45, 7) is 0.683. The molecule has 0 atom stereocenters. The lowest BCUT2D eigenvalue weighted by Crippen LogP contribution is -2.45. The number of carbonyl (C=O) groups excluding carboxylic acids is 1. The second-order valence-corrected chi connectivity index (χ2v) is 7.75. The number of thiophene rings is 1. The number of aryl methyl sites for hydroxylation is 1. The van der Waals surface area contributed by atoms with Gasteiger partial charge in [-0.1, -0.05) is 0 Å². The van der Waals surface area contributed by atoms with Gasteiger partial charge in [0.15, 0.2) is 0 Å². The highest BCUT2D eigenvalue weighted by Gasteiger charge is 2.30. The molecule has 0 aromatic carbocycles. The van der Waals surface area contributed by atoms with E-state index in [4.69, 9.17) is 11.6 Å². The number of nitrogens with zero attached hydrogens (tertiary/aromatic N) is 1. The van der Waals surface area contributed by atoms with Crippen LogP contribution in [0, 0.1) is 0 Å². The van der Waals surface area contributed by atoms with E-state index < -0.39 is 0 Å². The summed E-state index contributed by atoms with van der Waals surface area (Å²) in [6, 6.07) is 2.55. The number of carbonyl (C=O) groups is 1. The van der Waals surface area contributed by atoms with Gasteiger partial charge < -0.3 is 4.90 Å². The molecule has 1 saturated carbocycles. The number of amides is 1. The van der Waals surface area contributed by atoms with Gasteiger partial charge in [0.1, 0.15) is 0 Å². The lowest BCUT2D eigenvalue weighted by atomic mass is 9.91. The second-order valence-electron chi connectivity index (χ2n) is 5.13. The Labute approximate surface area is 127 Å². The van der Waals surface area contributed by atoms with E-state index in [-0.39, 0.29) is 5.91 Å². The van der Waals surface area contributed by atoms with E-state index in [1.807, 2.05) is 16.7 Å². The van der Waals surface area contributed by atoms with Crippen LogP contribution in [0.25, 0.3) is 0 Å². The van der Waals surface area contributed by atoms with Crippen molar-refractivity contribution >= 4 is 40.6 Å². The van der Waals surface area contributed by atoms with Gasteiger partial charge >= 0.3 is 0 Å². The molecule has 1 fully saturated rings. The molecular weight excluding hydrogens is 298 g/mol. The third kappa shape index (κ3) is 2.81. The maximum absolute atomic E-state index is 12.7. The standard InChI is InChI=1S/C14H18ClNOS2/c15-5-6-16(11-2-1-3-11)14(17)13-8-10-9-18-7-4-12(10)19-13/h8,11H,1-7,9H2. The van der Waals surface area contributed by atoms with Crippen molar-refractivity contribution in [1.82, 2.24) is 4.90 Å². The van der Waals surface area contributed by atoms with Crippen molar-refractivity contribution in [1.29, 1.82) is 0 Å². The first kappa shape index (κ1) is 13.8. The number of rotatable bonds is 4. The number of alkyl halides is 1. The number of hydrogen-bond acceptors (Lipinski definition) is 3. The topological polar surface area (TPSA) is 20.3 Å². The summed E-state index contributed by atoms with van der Waals surface area (Å²) in [5.74, 6) is 2.99. The van der Waals surface area contributed by atoms with Crippen molar-refractivity contribution in [3.63, 3.8) is 0 Å². The van der Waals surface area contributed by atoms with Crippen molar-refractivity contribution < 1.29 is 4.79 Å². The average Bonchev–Trinajstić information content (AvgIpc) is 2.79. The number of fused-ring (bicyclic) bond motifs is 1. The molecule has 0 bridgehead atoms. The molecule has 3 rings (SSSR count). The first-order valence-corrected chi connectivity index (χ1v) is 9.36. The molecule has 1 amide bonds. The van der Waals surface area contributed by atoms with Crippen molar-refractivity contribution in [3.05, 3.63) is 21.4 Å². The minimum Gasteiger partial charge on any atom is -0.334 e. The highest BCUT2D eigenvalue weighted by atomic mass is 35.5. The molecule has 1 aliphatic carbocycles. The van der Waals surface area contributed by atoms with Gasteiger partial charge in [0, 0.05) is 29.1 Å². The predicted octanol–water partition coefficient (Wildman–Crippen LogP) is 3.77. The summed E-state index contributed by atoms with van der Waals surface area (Å²) in [5, 5.41) is 0. The SMILES string of the molecule is O=C(c1cc2c(s1)CCSC2)N(CCCl)C1CCC1. The molecular formula is C14H18ClNOS2. The van der Waals surface area contributed by atoms with Crippen LogP contribution in [0.5, 0.6) is 0 Å². The molecule has 19 heavy (non-hydrogen) atoms. The molecule has 0 spiro atoms. The minimum absolute atomic E-state index is 0.203. The molecule has 1 aliphatic heterocycles. The zero-order valence-corrected chi connectivity index (χ0v) is 13.3. The van der Waals surface area contributed by atoms with Crippen LogP contribution in [-0.2, 0) is 12.2 Å². The van der Waals surface area contributed by atoms with Crippen LogP contribution in [0.3, 0.4) is 0 Å². The van der Waals surface area contributed by atoms with Crippen molar-refractivity contribution in [2.75, 3.05) is 18.2 Å². The molecule has 2 nitrogen and oxygen atoms in total. The van der Waals surface area contributed by atoms with E-state index in [0.717, 1.165) is 29.9 Å². The first-order chi connectivity index (χ1) is 9.29. The summed E-state index contributed by atoms with van der Waals surface area (Å²) < 4.78 is 0. The van der Waals surface area contributed by atoms with E-state index in [1.54, 1.807) is 11.3 Å². The van der Waals surface area contributed by atoms with Crippen LogP contribution in [0.1, 0.15) is 39.4 Å². The van der Waals surface area contributed by atoms with E-state index >= 15 is 0 Å². The van der Waals surface area contributed by atoms with E-state index in [0.29, 0.717) is 18.5 Å². The fourth-order valence-corrected chi connectivity index (χ4v) is 5.14. The highest BCUT2D eigenvalue weighted by Crippen LogP contribution is 2.34. The zero-order chi connectivity index (χ0) is 13.2. The molecule has 0 unspecified atom stereocenters. The maximum atomic E-state index is 12.7. The maximum Gasteiger partial charge on any atom is 0.264 e. The predicted molar refractivity (Wildman–Crippen MR) is 83.6 cm³/mol. The van der Waals surface area contributed by atoms with Crippen LogP contribution < -0.4 is 0 Å². The third-order valence-corrected chi connectivity index (χ3v) is 6.34. The fourth-order valence-electron chi connectivity index (χ4n) is 2.63. The van der Waals surface area contributed by atoms with Gasteiger partial charge in [-0.05, 0) is 43.1 Å². The first-order valence-electron chi connectivity index (χ1n) is 6.86. The molecule has 104 valence electrons. The van der Waals surface area contributed by atoms with E-state index in [1.165, 1.54) is 22.6 Å². The second kappa shape index (κ2) is 6.06. The van der Waals surface area contributed by atoms with Crippen LogP contribution in [-0.4, -0.2) is 35.0 Å². The van der Waals surface area contributed by atoms with Gasteiger partial charge in [-0.25, -0.2) is 0 Å². The summed E-state index contributed by atoms with van der Waals surface area (Å²) >= 11 is 9.53. The minimum atomic E-state index is 0.203. The Morgan fingerprint density at radius 2 is 2.32 bits per heavy atom. The number of halogens is 1. The van der Waals surface area contributed by atoms with Gasteiger partial charge in [0.05, 0.1) is 4.88 Å². The van der Waals surface area contributed by atoms with Crippen molar-refractivity contribution in [3.8, 4) is 0 Å². The summed E-state index contributed by atoms with van der Waals surface area (Å²) in [5.41, 5.74) is 1.38. The highest BCUT2D eigenvalue weighted by molar-refractivity contribution is 7.98. The molecule has 0 radical (unpaired) electrons. The number of thioether (sulfide) groups is 1. The van der Waals surface area contributed by atoms with Gasteiger partial charge in [0.2, 0.25) is 0 Å². The largest absolute Gasteiger partial charge is 0.334 e. The normalized spacial score (nSPS) is 18.8. The van der Waals surface area contributed by atoms with Crippen molar-refractivity contribution in [2.24, 2.45) is 0 Å². The van der Waals surface area contributed by atoms with E-state index in [2.05, 4.69) is 6.07 Å². The Balaban J connectivity index is 1.78. The van der Waals surface area contributed by atoms with Crippen LogP contribution in [0.15, 0.2) is 6.07 Å². The summed E-state index contributed by atoms with van der Waals surface area (Å²) in [7, 11) is 0. The average molecular weight is 316 g/mol. The van der Waals surface area contributed by atoms with Gasteiger partial charge in [-0.3, -0.25) is 4.79 Å². The summed E-state index contributed by atoms with van der Waals surface area (Å²) in [6.07, 6.45) is 4.65. The lowest BCUT2D eigenvalue weighted by molar-refractivity contribution is 0.0603. The quantitative estimate of drug-likeness (QED) is 0.788. The lowest BCUT2D eigenvalue weighted by Gasteiger charge is -2.37. The Morgan fingerprint density at radius 1 is 1.47 bits per heavy atom. The van der Waals surface area contributed by atoms with E-state index in [9.17, 15) is 4.79 Å². The Kier molecular flexibility index (Phi) is 4.40. The Hall–Kier alpha value is -0.190. The molecule has 2 heterocycles. The molecule has 2 aliphatic rings. The molecule has 5 heteroatoms. The van der Waals surface area contributed by atoms with Gasteiger partial charge in [0.25, 0.3) is 5.91 Å². The van der Waals surface area contributed by atoms with Crippen molar-refractivity contribution in [2.45, 2.75) is 37.5 Å². The third-order valence-electron chi connectivity index (χ3n) is 3.94. The molecule has 1 aromatic rings.